The standard InChI is InChI=1S/C9H12.C8H12NP/c1-8(2)9-6-4-3-5-7-9;1-6-4-8(5-10-3)7(2)9-6/h3-8H,1-2H3;4-5,9H,1-3H3. The fourth-order valence-electron chi connectivity index (χ4n) is 1.86. The Morgan fingerprint density at radius 1 is 1.11 bits per heavy atom. The van der Waals surface area contributed by atoms with E-state index in [0.29, 0.717) is 5.92 Å². The van der Waals surface area contributed by atoms with E-state index in [9.17, 15) is 0 Å². The van der Waals surface area contributed by atoms with Gasteiger partial charge in [-0.2, -0.15) is 0 Å². The van der Waals surface area contributed by atoms with E-state index in [4.69, 9.17) is 0 Å². The molecule has 0 amide bonds. The first kappa shape index (κ1) is 15.7. The van der Waals surface area contributed by atoms with Crippen molar-refractivity contribution in [3.05, 3.63) is 58.9 Å². The zero-order valence-corrected chi connectivity index (χ0v) is 13.5. The second kappa shape index (κ2) is 7.96. The Hall–Kier alpha value is -1.33. The molecule has 2 heteroatoms. The van der Waals surface area contributed by atoms with Gasteiger partial charge in [-0.25, -0.2) is 0 Å². The second-order valence-electron chi connectivity index (χ2n) is 4.99. The topological polar surface area (TPSA) is 15.8 Å². The average molecular weight is 273 g/mol. The number of aromatic amines is 1. The van der Waals surface area contributed by atoms with Crippen molar-refractivity contribution < 1.29 is 0 Å². The predicted octanol–water partition coefficient (Wildman–Crippen LogP) is 5.17. The van der Waals surface area contributed by atoms with Crippen LogP contribution in [0.1, 0.15) is 42.3 Å². The third kappa shape index (κ3) is 5.44. The van der Waals surface area contributed by atoms with Crippen LogP contribution in [0.5, 0.6) is 0 Å². The summed E-state index contributed by atoms with van der Waals surface area (Å²) in [7, 11) is 1.32. The van der Waals surface area contributed by atoms with E-state index in [-0.39, 0.29) is 0 Å². The van der Waals surface area contributed by atoms with Crippen molar-refractivity contribution >= 4 is 14.0 Å². The number of H-pyrrole nitrogens is 1. The van der Waals surface area contributed by atoms with Crippen LogP contribution < -0.4 is 0 Å². The Bertz CT molecular complexity index is 509. The van der Waals surface area contributed by atoms with Crippen LogP contribution in [0.2, 0.25) is 0 Å². The number of rotatable bonds is 2. The number of benzene rings is 1. The second-order valence-corrected chi connectivity index (χ2v) is 5.76. The summed E-state index contributed by atoms with van der Waals surface area (Å²) in [6.07, 6.45) is 0. The summed E-state index contributed by atoms with van der Waals surface area (Å²) >= 11 is 0. The molecule has 0 aliphatic rings. The van der Waals surface area contributed by atoms with Crippen molar-refractivity contribution in [3.63, 3.8) is 0 Å². The van der Waals surface area contributed by atoms with Crippen LogP contribution in [0.4, 0.5) is 0 Å². The molecule has 2 rings (SSSR count). The van der Waals surface area contributed by atoms with E-state index >= 15 is 0 Å². The SMILES string of the molecule is CC(C)c1ccccc1.CP=Cc1cc(C)[nH]c1C. The number of nitrogens with one attached hydrogen (secondary N) is 1. The van der Waals surface area contributed by atoms with Gasteiger partial charge < -0.3 is 4.98 Å². The molecule has 1 nitrogen and oxygen atoms in total. The van der Waals surface area contributed by atoms with E-state index in [2.05, 4.69) is 75.5 Å². The predicted molar refractivity (Wildman–Crippen MR) is 88.8 cm³/mol. The van der Waals surface area contributed by atoms with Crippen molar-refractivity contribution in [1.82, 2.24) is 4.98 Å². The van der Waals surface area contributed by atoms with Gasteiger partial charge in [-0.05, 0) is 49.4 Å². The molecule has 0 saturated heterocycles. The summed E-state index contributed by atoms with van der Waals surface area (Å²) in [4.78, 5) is 3.26. The van der Waals surface area contributed by atoms with Crippen molar-refractivity contribution in [2.24, 2.45) is 0 Å². The highest BCUT2D eigenvalue weighted by Crippen LogP contribution is 2.11. The molecule has 0 bridgehead atoms. The van der Waals surface area contributed by atoms with Gasteiger partial charge >= 0.3 is 0 Å². The fraction of sp³-hybridized carbons (Fsp3) is 0.353. The molecule has 0 fully saturated rings. The first-order valence-corrected chi connectivity index (χ1v) is 8.09. The van der Waals surface area contributed by atoms with Crippen molar-refractivity contribution in [3.8, 4) is 0 Å². The molecular formula is C17H24NP. The van der Waals surface area contributed by atoms with Gasteiger partial charge in [-0.1, -0.05) is 44.2 Å². The van der Waals surface area contributed by atoms with Gasteiger partial charge in [0.25, 0.3) is 0 Å². The minimum atomic E-state index is 0.659. The molecule has 0 spiro atoms. The van der Waals surface area contributed by atoms with Crippen LogP contribution in [0, 0.1) is 13.8 Å². The summed E-state index contributed by atoms with van der Waals surface area (Å²) in [5.74, 6) is 2.87. The van der Waals surface area contributed by atoms with E-state index in [1.165, 1.54) is 30.7 Å². The quantitative estimate of drug-likeness (QED) is 0.727. The van der Waals surface area contributed by atoms with Gasteiger partial charge in [0.2, 0.25) is 0 Å². The molecule has 2 aromatic rings. The van der Waals surface area contributed by atoms with E-state index < -0.39 is 0 Å². The largest absolute Gasteiger partial charge is 0.362 e. The first-order chi connectivity index (χ1) is 9.04. The normalized spacial score (nSPS) is 10.6. The number of aromatic nitrogens is 1. The van der Waals surface area contributed by atoms with Gasteiger partial charge in [0, 0.05) is 11.4 Å². The Labute approximate surface area is 118 Å². The van der Waals surface area contributed by atoms with Gasteiger partial charge in [0.05, 0.1) is 0 Å². The van der Waals surface area contributed by atoms with Crippen LogP contribution >= 0.6 is 8.20 Å². The third-order valence-electron chi connectivity index (χ3n) is 2.92. The highest BCUT2D eigenvalue weighted by Gasteiger charge is 1.95. The first-order valence-electron chi connectivity index (χ1n) is 6.68. The third-order valence-corrected chi connectivity index (χ3v) is 3.46. The Balaban J connectivity index is 0.000000191. The number of hydrogen-bond acceptors (Lipinski definition) is 0. The molecule has 0 radical (unpaired) electrons. The van der Waals surface area contributed by atoms with E-state index in [1.54, 1.807) is 0 Å². The summed E-state index contributed by atoms with van der Waals surface area (Å²) in [6.45, 7) is 10.7. The summed E-state index contributed by atoms with van der Waals surface area (Å²) in [6, 6.07) is 12.7. The molecule has 0 saturated carbocycles. The lowest BCUT2D eigenvalue weighted by atomic mass is 10.0. The maximum atomic E-state index is 3.26. The lowest BCUT2D eigenvalue weighted by Gasteiger charge is -2.01. The highest BCUT2D eigenvalue weighted by molar-refractivity contribution is 7.38. The highest BCUT2D eigenvalue weighted by atomic mass is 31.1. The minimum absolute atomic E-state index is 0.659. The van der Waals surface area contributed by atoms with Crippen LogP contribution in [0.3, 0.4) is 0 Å². The average Bonchev–Trinajstić information content (AvgIpc) is 2.70. The van der Waals surface area contributed by atoms with E-state index in [1.807, 2.05) is 6.07 Å². The summed E-state index contributed by atoms with van der Waals surface area (Å²) in [5, 5.41) is 0. The molecule has 1 heterocycles. The van der Waals surface area contributed by atoms with Gasteiger partial charge in [0.1, 0.15) is 0 Å². The van der Waals surface area contributed by atoms with Crippen LogP contribution in [0.25, 0.3) is 0 Å². The molecule has 102 valence electrons. The van der Waals surface area contributed by atoms with Gasteiger partial charge in [0.15, 0.2) is 0 Å². The fourth-order valence-corrected chi connectivity index (χ4v) is 2.40. The van der Waals surface area contributed by atoms with Crippen LogP contribution in [-0.2, 0) is 0 Å². The minimum Gasteiger partial charge on any atom is -0.362 e. The maximum Gasteiger partial charge on any atom is 0.0194 e. The number of aryl methyl sites for hydroxylation is 2. The van der Waals surface area contributed by atoms with E-state index in [0.717, 1.165) is 0 Å². The molecule has 0 unspecified atom stereocenters. The zero-order valence-electron chi connectivity index (χ0n) is 12.6. The summed E-state index contributed by atoms with van der Waals surface area (Å²) in [5.41, 5.74) is 5.26. The molecule has 0 aliphatic heterocycles. The van der Waals surface area contributed by atoms with Crippen molar-refractivity contribution in [1.29, 1.82) is 0 Å². The van der Waals surface area contributed by atoms with Crippen molar-refractivity contribution in [2.45, 2.75) is 33.6 Å². The molecule has 1 aromatic carbocycles. The van der Waals surface area contributed by atoms with Gasteiger partial charge in [-0.3, -0.25) is 0 Å². The van der Waals surface area contributed by atoms with Crippen molar-refractivity contribution in [2.75, 3.05) is 6.66 Å². The number of hydrogen-bond donors (Lipinski definition) is 1. The Kier molecular flexibility index (Phi) is 6.59. The molecule has 1 aromatic heterocycles. The Morgan fingerprint density at radius 2 is 1.74 bits per heavy atom. The van der Waals surface area contributed by atoms with Crippen LogP contribution in [0.15, 0.2) is 36.4 Å². The molecule has 19 heavy (non-hydrogen) atoms. The summed E-state index contributed by atoms with van der Waals surface area (Å²) < 4.78 is 0. The molecule has 0 aliphatic carbocycles. The monoisotopic (exact) mass is 273 g/mol. The zero-order chi connectivity index (χ0) is 14.3. The lowest BCUT2D eigenvalue weighted by Crippen LogP contribution is -1.83. The molecule has 0 atom stereocenters. The Morgan fingerprint density at radius 3 is 2.11 bits per heavy atom. The lowest BCUT2D eigenvalue weighted by molar-refractivity contribution is 0.867. The van der Waals surface area contributed by atoms with Gasteiger partial charge in [-0.15, -0.1) is 8.20 Å². The maximum absolute atomic E-state index is 3.26. The van der Waals surface area contributed by atoms with Crippen LogP contribution in [-0.4, -0.2) is 17.4 Å². The molecule has 1 N–H and O–H groups in total. The molecular weight excluding hydrogens is 249 g/mol. The smallest absolute Gasteiger partial charge is 0.0194 e.